The van der Waals surface area contributed by atoms with Crippen molar-refractivity contribution in [3.8, 4) is 5.75 Å². The molecule has 6 nitrogen and oxygen atoms in total. The molecule has 0 aromatic carbocycles. The molecule has 2 heterocycles. The van der Waals surface area contributed by atoms with Crippen molar-refractivity contribution in [2.45, 2.75) is 44.2 Å². The largest absolute Gasteiger partial charge is 0.491 e. The summed E-state index contributed by atoms with van der Waals surface area (Å²) in [5.41, 5.74) is 1.36. The number of ether oxygens (including phenoxy) is 2. The molecule has 4 rings (SSSR count). The number of ketones is 1. The number of nitrogens with zero attached hydrogens (tertiary/aromatic N) is 1. The lowest BCUT2D eigenvalue weighted by atomic mass is 10.1. The Morgan fingerprint density at radius 3 is 2.83 bits per heavy atom. The van der Waals surface area contributed by atoms with Crippen LogP contribution < -0.4 is 10.1 Å². The topological polar surface area (TPSA) is 77.5 Å². The van der Waals surface area contributed by atoms with Gasteiger partial charge in [0.25, 0.3) is 5.91 Å². The summed E-state index contributed by atoms with van der Waals surface area (Å²) in [6.07, 6.45) is 5.92. The van der Waals surface area contributed by atoms with Gasteiger partial charge in [-0.25, -0.2) is 4.98 Å². The lowest BCUT2D eigenvalue weighted by Gasteiger charge is -2.14. The van der Waals surface area contributed by atoms with Crippen LogP contribution in [-0.2, 0) is 9.53 Å². The quantitative estimate of drug-likeness (QED) is 0.866. The summed E-state index contributed by atoms with van der Waals surface area (Å²) in [6.45, 7) is 0.970. The van der Waals surface area contributed by atoms with Gasteiger partial charge in [-0.3, -0.25) is 9.59 Å². The van der Waals surface area contributed by atoms with Crippen molar-refractivity contribution >= 4 is 11.7 Å². The lowest BCUT2D eigenvalue weighted by Crippen LogP contribution is -2.39. The molecule has 1 saturated heterocycles. The van der Waals surface area contributed by atoms with Crippen molar-refractivity contribution in [1.82, 2.24) is 10.3 Å². The van der Waals surface area contributed by atoms with Crippen LogP contribution in [0.4, 0.5) is 0 Å². The van der Waals surface area contributed by atoms with E-state index in [0.29, 0.717) is 37.2 Å². The first-order chi connectivity index (χ1) is 11.2. The maximum absolute atomic E-state index is 12.4. The average Bonchev–Trinajstić information content (AvgIpc) is 3.46. The molecule has 1 atom stereocenters. The normalized spacial score (nSPS) is 23.8. The average molecular weight is 316 g/mol. The van der Waals surface area contributed by atoms with Gasteiger partial charge in [-0.1, -0.05) is 0 Å². The van der Waals surface area contributed by atoms with Crippen molar-refractivity contribution in [2.75, 3.05) is 13.2 Å². The first-order valence-corrected chi connectivity index (χ1v) is 8.28. The van der Waals surface area contributed by atoms with Gasteiger partial charge < -0.3 is 14.8 Å². The van der Waals surface area contributed by atoms with Crippen LogP contribution in [-0.4, -0.2) is 36.1 Å². The molecule has 0 unspecified atom stereocenters. The number of hydrogen-bond donors (Lipinski definition) is 1. The van der Waals surface area contributed by atoms with Gasteiger partial charge in [0.1, 0.15) is 0 Å². The lowest BCUT2D eigenvalue weighted by molar-refractivity contribution is -0.123. The van der Waals surface area contributed by atoms with Crippen molar-refractivity contribution in [2.24, 2.45) is 5.92 Å². The summed E-state index contributed by atoms with van der Waals surface area (Å²) in [4.78, 5) is 28.3. The van der Waals surface area contributed by atoms with Crippen LogP contribution in [0.25, 0.3) is 0 Å². The first-order valence-electron chi connectivity index (χ1n) is 8.28. The van der Waals surface area contributed by atoms with Crippen molar-refractivity contribution in [1.29, 1.82) is 0 Å². The Bertz CT molecular complexity index is 637. The number of amides is 1. The smallest absolute Gasteiger partial charge is 0.276 e. The zero-order valence-corrected chi connectivity index (χ0v) is 12.9. The minimum absolute atomic E-state index is 0.103. The maximum atomic E-state index is 12.4. The third-order valence-corrected chi connectivity index (χ3v) is 4.50. The van der Waals surface area contributed by atoms with Crippen LogP contribution >= 0.6 is 0 Å². The molecule has 2 saturated carbocycles. The molecule has 0 bridgehead atoms. The van der Waals surface area contributed by atoms with Crippen LogP contribution in [0.15, 0.2) is 12.3 Å². The summed E-state index contributed by atoms with van der Waals surface area (Å²) < 4.78 is 11.1. The van der Waals surface area contributed by atoms with Crippen LogP contribution in [0.3, 0.4) is 0 Å². The fraction of sp³-hybridized carbons (Fsp3) is 0.588. The van der Waals surface area contributed by atoms with Crippen LogP contribution in [0.1, 0.15) is 54.1 Å². The Kier molecular flexibility index (Phi) is 3.77. The van der Waals surface area contributed by atoms with Crippen molar-refractivity contribution in [3.05, 3.63) is 23.5 Å². The van der Waals surface area contributed by atoms with Gasteiger partial charge in [0, 0.05) is 12.6 Å². The highest BCUT2D eigenvalue weighted by Crippen LogP contribution is 2.41. The highest BCUT2D eigenvalue weighted by molar-refractivity contribution is 5.98. The SMILES string of the molecule is O=C(N[C@H]1OCCC1=O)c1ncc(C2CC2)cc1OCC1CC1. The number of carbonyl (C=O) groups is 2. The molecule has 3 aliphatic rings. The second kappa shape index (κ2) is 5.92. The summed E-state index contributed by atoms with van der Waals surface area (Å²) in [7, 11) is 0. The molecule has 122 valence electrons. The predicted octanol–water partition coefficient (Wildman–Crippen LogP) is 1.79. The third-order valence-electron chi connectivity index (χ3n) is 4.50. The molecule has 1 aromatic rings. The molecule has 0 radical (unpaired) electrons. The third kappa shape index (κ3) is 3.37. The number of pyridine rings is 1. The Morgan fingerprint density at radius 2 is 2.17 bits per heavy atom. The van der Waals surface area contributed by atoms with Gasteiger partial charge >= 0.3 is 0 Å². The van der Waals surface area contributed by atoms with Gasteiger partial charge in [0.2, 0.25) is 0 Å². The van der Waals surface area contributed by atoms with E-state index in [0.717, 1.165) is 5.56 Å². The van der Waals surface area contributed by atoms with E-state index in [1.54, 1.807) is 6.20 Å². The molecule has 23 heavy (non-hydrogen) atoms. The monoisotopic (exact) mass is 316 g/mol. The Morgan fingerprint density at radius 1 is 1.35 bits per heavy atom. The Hall–Kier alpha value is -1.95. The number of rotatable bonds is 6. The molecular weight excluding hydrogens is 296 g/mol. The van der Waals surface area contributed by atoms with Crippen LogP contribution in [0.2, 0.25) is 0 Å². The molecule has 1 aromatic heterocycles. The van der Waals surface area contributed by atoms with Crippen LogP contribution in [0.5, 0.6) is 5.75 Å². The predicted molar refractivity (Wildman–Crippen MR) is 81.3 cm³/mol. The molecule has 2 aliphatic carbocycles. The van der Waals surface area contributed by atoms with Crippen molar-refractivity contribution < 1.29 is 19.1 Å². The first kappa shape index (κ1) is 14.6. The van der Waals surface area contributed by atoms with E-state index in [1.165, 1.54) is 25.7 Å². The number of carbonyl (C=O) groups excluding carboxylic acids is 2. The van der Waals surface area contributed by atoms with E-state index >= 15 is 0 Å². The summed E-state index contributed by atoms with van der Waals surface area (Å²) in [5, 5.41) is 2.60. The number of hydrogen-bond acceptors (Lipinski definition) is 5. The second-order valence-corrected chi connectivity index (χ2v) is 6.58. The van der Waals surface area contributed by atoms with E-state index < -0.39 is 12.1 Å². The highest BCUT2D eigenvalue weighted by Gasteiger charge is 2.31. The van der Waals surface area contributed by atoms with Gasteiger partial charge in [0.15, 0.2) is 23.5 Å². The number of aromatic nitrogens is 1. The number of Topliss-reactive ketones (excluding diaryl/α,β-unsaturated/α-hetero) is 1. The van der Waals surface area contributed by atoms with E-state index in [9.17, 15) is 9.59 Å². The molecule has 0 spiro atoms. The van der Waals surface area contributed by atoms with E-state index in [1.807, 2.05) is 6.07 Å². The Labute approximate surface area is 134 Å². The molecule has 6 heteroatoms. The van der Waals surface area contributed by atoms with Gasteiger partial charge in [-0.15, -0.1) is 0 Å². The highest BCUT2D eigenvalue weighted by atomic mass is 16.5. The standard InChI is InChI=1S/C17H20N2O4/c20-13-5-6-22-17(13)19-16(21)15-14(23-9-10-1-2-10)7-12(8-18-15)11-3-4-11/h7-8,10-11,17H,1-6,9H2,(H,19,21)/t17-/m0/s1. The molecule has 1 N–H and O–H groups in total. The fourth-order valence-electron chi connectivity index (χ4n) is 2.68. The summed E-state index contributed by atoms with van der Waals surface area (Å²) in [6, 6.07) is 1.93. The molecular formula is C17H20N2O4. The molecule has 1 amide bonds. The number of nitrogens with one attached hydrogen (secondary N) is 1. The maximum Gasteiger partial charge on any atom is 0.276 e. The minimum atomic E-state index is -0.858. The molecule has 3 fully saturated rings. The fourth-order valence-corrected chi connectivity index (χ4v) is 2.68. The van der Waals surface area contributed by atoms with E-state index in [4.69, 9.17) is 9.47 Å². The summed E-state index contributed by atoms with van der Waals surface area (Å²) >= 11 is 0. The summed E-state index contributed by atoms with van der Waals surface area (Å²) in [5.74, 6) is 1.13. The zero-order valence-electron chi connectivity index (χ0n) is 12.9. The van der Waals surface area contributed by atoms with Gasteiger partial charge in [0.05, 0.1) is 13.2 Å². The minimum Gasteiger partial charge on any atom is -0.491 e. The Balaban J connectivity index is 1.52. The van der Waals surface area contributed by atoms with Gasteiger partial charge in [-0.2, -0.15) is 0 Å². The zero-order chi connectivity index (χ0) is 15.8. The van der Waals surface area contributed by atoms with E-state index in [-0.39, 0.29) is 11.5 Å². The van der Waals surface area contributed by atoms with E-state index in [2.05, 4.69) is 10.3 Å². The molecule has 1 aliphatic heterocycles. The second-order valence-electron chi connectivity index (χ2n) is 6.58. The van der Waals surface area contributed by atoms with Crippen molar-refractivity contribution in [3.63, 3.8) is 0 Å². The van der Waals surface area contributed by atoms with Gasteiger partial charge in [-0.05, 0) is 49.1 Å². The van der Waals surface area contributed by atoms with Crippen LogP contribution in [0, 0.1) is 5.92 Å².